The third kappa shape index (κ3) is 8.23. The molecule has 0 bridgehead atoms. The maximum Gasteiger partial charge on any atom is 0.0590 e. The molecule has 0 aromatic rings. The molecule has 1 N–H and O–H groups in total. The van der Waals surface area contributed by atoms with Gasteiger partial charge in [-0.1, -0.05) is 36.2 Å². The molecular formula is C12H25BrO2. The number of ether oxygens (including phenoxy) is 1. The molecule has 0 spiro atoms. The number of rotatable bonds is 10. The van der Waals surface area contributed by atoms with Gasteiger partial charge in [0.2, 0.25) is 0 Å². The predicted octanol–water partition coefficient (Wildman–Crippen LogP) is 3.37. The number of alkyl halides is 1. The van der Waals surface area contributed by atoms with Crippen LogP contribution < -0.4 is 0 Å². The highest BCUT2D eigenvalue weighted by molar-refractivity contribution is 9.09. The van der Waals surface area contributed by atoms with Crippen LogP contribution in [0, 0.1) is 5.92 Å². The Labute approximate surface area is 103 Å². The predicted molar refractivity (Wildman–Crippen MR) is 68.5 cm³/mol. The van der Waals surface area contributed by atoms with Crippen LogP contribution >= 0.6 is 15.9 Å². The van der Waals surface area contributed by atoms with Gasteiger partial charge in [0.25, 0.3) is 0 Å². The Hall–Kier alpha value is 0.400. The van der Waals surface area contributed by atoms with Crippen LogP contribution in [-0.4, -0.2) is 29.8 Å². The topological polar surface area (TPSA) is 29.5 Å². The first-order chi connectivity index (χ1) is 7.26. The third-order valence-electron chi connectivity index (χ3n) is 2.66. The molecular weight excluding hydrogens is 256 g/mol. The average molecular weight is 281 g/mol. The summed E-state index contributed by atoms with van der Waals surface area (Å²) in [5.41, 5.74) is 0. The smallest absolute Gasteiger partial charge is 0.0590 e. The highest BCUT2D eigenvalue weighted by Gasteiger charge is 2.16. The lowest BCUT2D eigenvalue weighted by molar-refractivity contribution is 0.0212. The van der Waals surface area contributed by atoms with E-state index in [9.17, 15) is 5.11 Å². The number of hydrogen-bond acceptors (Lipinski definition) is 2. The van der Waals surface area contributed by atoms with Gasteiger partial charge in [0, 0.05) is 17.9 Å². The van der Waals surface area contributed by atoms with Gasteiger partial charge in [0.1, 0.15) is 0 Å². The fourth-order valence-electron chi connectivity index (χ4n) is 1.57. The van der Waals surface area contributed by atoms with Gasteiger partial charge in [-0.05, 0) is 25.7 Å². The number of halogens is 1. The second-order valence-electron chi connectivity index (χ2n) is 4.00. The van der Waals surface area contributed by atoms with Gasteiger partial charge < -0.3 is 9.84 Å². The minimum atomic E-state index is -0.184. The van der Waals surface area contributed by atoms with Crippen molar-refractivity contribution in [3.8, 4) is 0 Å². The molecule has 0 aliphatic heterocycles. The van der Waals surface area contributed by atoms with E-state index >= 15 is 0 Å². The lowest BCUT2D eigenvalue weighted by Crippen LogP contribution is -2.24. The molecule has 0 aromatic carbocycles. The highest BCUT2D eigenvalue weighted by Crippen LogP contribution is 2.14. The molecule has 0 fully saturated rings. The molecule has 0 aliphatic rings. The van der Waals surface area contributed by atoms with Crippen LogP contribution in [0.1, 0.15) is 46.0 Å². The summed E-state index contributed by atoms with van der Waals surface area (Å²) in [5, 5.41) is 10.9. The fourth-order valence-corrected chi connectivity index (χ4v) is 1.96. The Kier molecular flexibility index (Phi) is 11.2. The van der Waals surface area contributed by atoms with Crippen LogP contribution in [0.25, 0.3) is 0 Å². The molecule has 2 atom stereocenters. The molecule has 0 rings (SSSR count). The fraction of sp³-hybridized carbons (Fsp3) is 1.00. The van der Waals surface area contributed by atoms with Gasteiger partial charge in [-0.3, -0.25) is 0 Å². The Morgan fingerprint density at radius 3 is 2.53 bits per heavy atom. The molecule has 0 heterocycles. The minimum Gasteiger partial charge on any atom is -0.393 e. The van der Waals surface area contributed by atoms with E-state index in [-0.39, 0.29) is 6.10 Å². The molecule has 2 nitrogen and oxygen atoms in total. The van der Waals surface area contributed by atoms with E-state index in [4.69, 9.17) is 4.74 Å². The minimum absolute atomic E-state index is 0.184. The second kappa shape index (κ2) is 10.9. The van der Waals surface area contributed by atoms with Crippen LogP contribution in [0.4, 0.5) is 0 Å². The lowest BCUT2D eigenvalue weighted by Gasteiger charge is -2.21. The third-order valence-corrected chi connectivity index (χ3v) is 3.22. The second-order valence-corrected chi connectivity index (χ2v) is 4.79. The van der Waals surface area contributed by atoms with Gasteiger partial charge >= 0.3 is 0 Å². The zero-order valence-corrected chi connectivity index (χ0v) is 11.6. The summed E-state index contributed by atoms with van der Waals surface area (Å²) >= 11 is 3.39. The van der Waals surface area contributed by atoms with Crippen LogP contribution in [0.5, 0.6) is 0 Å². The average Bonchev–Trinajstić information content (AvgIpc) is 2.23. The van der Waals surface area contributed by atoms with Crippen LogP contribution in [0.3, 0.4) is 0 Å². The highest BCUT2D eigenvalue weighted by atomic mass is 79.9. The Balaban J connectivity index is 3.51. The molecule has 0 radical (unpaired) electrons. The van der Waals surface area contributed by atoms with Crippen LogP contribution in [0.2, 0.25) is 0 Å². The first-order valence-electron chi connectivity index (χ1n) is 6.08. The first-order valence-corrected chi connectivity index (χ1v) is 7.20. The van der Waals surface area contributed by atoms with Gasteiger partial charge in [0.15, 0.2) is 0 Å². The van der Waals surface area contributed by atoms with Gasteiger partial charge in [-0.15, -0.1) is 0 Å². The van der Waals surface area contributed by atoms with Crippen molar-refractivity contribution in [2.24, 2.45) is 5.92 Å². The number of aliphatic hydroxyl groups excluding tert-OH is 1. The van der Waals surface area contributed by atoms with Crippen molar-refractivity contribution in [1.82, 2.24) is 0 Å². The lowest BCUT2D eigenvalue weighted by atomic mass is 9.97. The van der Waals surface area contributed by atoms with Crippen molar-refractivity contribution in [1.29, 1.82) is 0 Å². The van der Waals surface area contributed by atoms with Gasteiger partial charge in [-0.2, -0.15) is 0 Å². The van der Waals surface area contributed by atoms with Crippen LogP contribution in [0.15, 0.2) is 0 Å². The molecule has 0 amide bonds. The van der Waals surface area contributed by atoms with Crippen molar-refractivity contribution in [3.63, 3.8) is 0 Å². The van der Waals surface area contributed by atoms with Crippen molar-refractivity contribution < 1.29 is 9.84 Å². The summed E-state index contributed by atoms with van der Waals surface area (Å²) in [5.74, 6) is 0.314. The molecule has 3 heteroatoms. The van der Waals surface area contributed by atoms with E-state index in [1.165, 1.54) is 0 Å². The van der Waals surface area contributed by atoms with E-state index in [1.54, 1.807) is 0 Å². The monoisotopic (exact) mass is 280 g/mol. The summed E-state index contributed by atoms with van der Waals surface area (Å²) in [4.78, 5) is 0. The Morgan fingerprint density at radius 1 is 1.27 bits per heavy atom. The molecule has 15 heavy (non-hydrogen) atoms. The van der Waals surface area contributed by atoms with Crippen molar-refractivity contribution in [3.05, 3.63) is 0 Å². The van der Waals surface area contributed by atoms with Gasteiger partial charge in [-0.25, -0.2) is 0 Å². The summed E-state index contributed by atoms with van der Waals surface area (Å²) in [6.07, 6.45) is 5.01. The summed E-state index contributed by atoms with van der Waals surface area (Å²) in [6, 6.07) is 0. The quantitative estimate of drug-likeness (QED) is 0.491. The Bertz CT molecular complexity index is 131. The molecule has 92 valence electrons. The molecule has 0 aromatic heterocycles. The van der Waals surface area contributed by atoms with Crippen molar-refractivity contribution in [2.45, 2.75) is 52.1 Å². The SMILES string of the molecule is CCCC(O)C(CC)COCCCCBr. The van der Waals surface area contributed by atoms with E-state index in [0.717, 1.165) is 44.0 Å². The number of aliphatic hydroxyl groups is 1. The van der Waals surface area contributed by atoms with E-state index in [1.807, 2.05) is 0 Å². The van der Waals surface area contributed by atoms with E-state index in [0.29, 0.717) is 12.5 Å². The number of hydrogen-bond donors (Lipinski definition) is 1. The summed E-state index contributed by atoms with van der Waals surface area (Å²) in [6.45, 7) is 5.75. The maximum atomic E-state index is 9.82. The normalized spacial score (nSPS) is 15.2. The van der Waals surface area contributed by atoms with E-state index in [2.05, 4.69) is 29.8 Å². The molecule has 0 aliphatic carbocycles. The molecule has 0 saturated heterocycles. The van der Waals surface area contributed by atoms with Crippen molar-refractivity contribution in [2.75, 3.05) is 18.5 Å². The Morgan fingerprint density at radius 2 is 2.00 bits per heavy atom. The molecule has 2 unspecified atom stereocenters. The zero-order chi connectivity index (χ0) is 11.5. The van der Waals surface area contributed by atoms with E-state index < -0.39 is 0 Å². The largest absolute Gasteiger partial charge is 0.393 e. The molecule has 0 saturated carbocycles. The number of unbranched alkanes of at least 4 members (excludes halogenated alkanes) is 1. The van der Waals surface area contributed by atoms with Gasteiger partial charge in [0.05, 0.1) is 12.7 Å². The maximum absolute atomic E-state index is 9.82. The van der Waals surface area contributed by atoms with Crippen LogP contribution in [-0.2, 0) is 4.74 Å². The summed E-state index contributed by atoms with van der Waals surface area (Å²) in [7, 11) is 0. The zero-order valence-electron chi connectivity index (χ0n) is 10.0. The first kappa shape index (κ1) is 15.4. The summed E-state index contributed by atoms with van der Waals surface area (Å²) < 4.78 is 5.58. The van der Waals surface area contributed by atoms with Crippen molar-refractivity contribution >= 4 is 15.9 Å². The standard InChI is InChI=1S/C12H25BrO2/c1-3-7-12(14)11(4-2)10-15-9-6-5-8-13/h11-12,14H,3-10H2,1-2H3.